The largest absolute Gasteiger partial charge is 0.478 e. The number of rotatable bonds is 3. The van der Waals surface area contributed by atoms with Crippen LogP contribution in [0.4, 0.5) is 5.69 Å². The highest BCUT2D eigenvalue weighted by Gasteiger charge is 2.27. The minimum absolute atomic E-state index is 0.0353. The number of ether oxygens (including phenoxy) is 1. The van der Waals surface area contributed by atoms with Crippen LogP contribution in [-0.4, -0.2) is 44.4 Å². The van der Waals surface area contributed by atoms with Crippen molar-refractivity contribution in [2.75, 3.05) is 12.4 Å². The van der Waals surface area contributed by atoms with E-state index in [2.05, 4.69) is 25.6 Å². The summed E-state index contributed by atoms with van der Waals surface area (Å²) < 4.78 is 6.26. The Bertz CT molecular complexity index is 742. The third-order valence-corrected chi connectivity index (χ3v) is 3.48. The maximum atomic E-state index is 11.6. The predicted octanol–water partition coefficient (Wildman–Crippen LogP) is 0.449. The molecule has 114 valence electrons. The number of nitrogens with zero attached hydrogens (tertiary/aromatic N) is 4. The Balaban J connectivity index is 2.01. The van der Waals surface area contributed by atoms with E-state index < -0.39 is 18.0 Å². The van der Waals surface area contributed by atoms with Gasteiger partial charge in [0.25, 0.3) is 0 Å². The van der Waals surface area contributed by atoms with E-state index in [1.807, 2.05) is 0 Å². The van der Waals surface area contributed by atoms with E-state index in [-0.39, 0.29) is 12.0 Å². The first-order chi connectivity index (χ1) is 10.6. The standard InChI is InChI=1S/C13H13N5O4/c1-22-11(19)5-10-12-15-16-17-18(12)6-8-3-2-7(13(20)21)4-9(8)14-10/h2-4,10,14H,5-6H2,1H3,(H,20,21)/t10-/m1/s1. The SMILES string of the molecule is COC(=O)C[C@H]1Nc2cc(C(=O)O)ccc2Cn2nnnc21. The van der Waals surface area contributed by atoms with Crippen LogP contribution in [-0.2, 0) is 16.1 Å². The molecule has 1 aromatic carbocycles. The monoisotopic (exact) mass is 303 g/mol. The Hall–Kier alpha value is -2.97. The topological polar surface area (TPSA) is 119 Å². The van der Waals surface area contributed by atoms with Crippen LogP contribution in [0.5, 0.6) is 0 Å². The number of carbonyl (C=O) groups excluding carboxylic acids is 1. The Morgan fingerprint density at radius 2 is 2.32 bits per heavy atom. The fraction of sp³-hybridized carbons (Fsp3) is 0.308. The molecule has 22 heavy (non-hydrogen) atoms. The van der Waals surface area contributed by atoms with Crippen LogP contribution in [0.25, 0.3) is 0 Å². The number of tetrazole rings is 1. The normalized spacial score (nSPS) is 16.0. The number of aromatic nitrogens is 4. The van der Waals surface area contributed by atoms with Crippen molar-refractivity contribution in [3.8, 4) is 0 Å². The predicted molar refractivity (Wildman–Crippen MR) is 73.3 cm³/mol. The number of methoxy groups -OCH3 is 1. The van der Waals surface area contributed by atoms with Gasteiger partial charge in [-0.15, -0.1) is 5.10 Å². The lowest BCUT2D eigenvalue weighted by Crippen LogP contribution is -2.19. The average Bonchev–Trinajstić information content (AvgIpc) is 2.90. The second-order valence-corrected chi connectivity index (χ2v) is 4.85. The van der Waals surface area contributed by atoms with E-state index in [0.717, 1.165) is 5.56 Å². The van der Waals surface area contributed by atoms with Crippen molar-refractivity contribution in [1.82, 2.24) is 20.2 Å². The van der Waals surface area contributed by atoms with Crippen molar-refractivity contribution >= 4 is 17.6 Å². The molecule has 2 heterocycles. The molecule has 1 aliphatic rings. The summed E-state index contributed by atoms with van der Waals surface area (Å²) >= 11 is 0. The summed E-state index contributed by atoms with van der Waals surface area (Å²) in [6, 6.07) is 4.26. The number of anilines is 1. The van der Waals surface area contributed by atoms with Gasteiger partial charge in [-0.25, -0.2) is 9.48 Å². The second kappa shape index (κ2) is 5.43. The zero-order valence-electron chi connectivity index (χ0n) is 11.7. The molecule has 0 bridgehead atoms. The van der Waals surface area contributed by atoms with E-state index in [0.29, 0.717) is 18.1 Å². The molecule has 0 aliphatic carbocycles. The maximum absolute atomic E-state index is 11.6. The molecule has 1 aliphatic heterocycles. The molecule has 0 saturated carbocycles. The minimum Gasteiger partial charge on any atom is -0.478 e. The van der Waals surface area contributed by atoms with Crippen LogP contribution in [0.3, 0.4) is 0 Å². The molecule has 2 aromatic rings. The molecule has 1 atom stereocenters. The molecule has 0 unspecified atom stereocenters. The number of hydrogen-bond acceptors (Lipinski definition) is 7. The van der Waals surface area contributed by atoms with Gasteiger partial charge in [-0.1, -0.05) is 6.07 Å². The molecule has 9 nitrogen and oxygen atoms in total. The number of fused-ring (bicyclic) bond motifs is 2. The van der Waals surface area contributed by atoms with Gasteiger partial charge < -0.3 is 15.2 Å². The van der Waals surface area contributed by atoms with E-state index >= 15 is 0 Å². The van der Waals surface area contributed by atoms with Crippen LogP contribution in [0, 0.1) is 0 Å². The zero-order valence-corrected chi connectivity index (χ0v) is 11.7. The summed E-state index contributed by atoms with van der Waals surface area (Å²) in [5, 5.41) is 23.7. The van der Waals surface area contributed by atoms with Crippen molar-refractivity contribution in [3.63, 3.8) is 0 Å². The van der Waals surface area contributed by atoms with Crippen LogP contribution >= 0.6 is 0 Å². The third-order valence-electron chi connectivity index (χ3n) is 3.48. The molecule has 0 saturated heterocycles. The first-order valence-corrected chi connectivity index (χ1v) is 6.54. The Kier molecular flexibility index (Phi) is 3.45. The van der Waals surface area contributed by atoms with Gasteiger partial charge in [-0.3, -0.25) is 4.79 Å². The van der Waals surface area contributed by atoms with Crippen LogP contribution in [0.1, 0.15) is 34.2 Å². The first-order valence-electron chi connectivity index (χ1n) is 6.54. The molecule has 2 N–H and O–H groups in total. The maximum Gasteiger partial charge on any atom is 0.335 e. The van der Waals surface area contributed by atoms with Gasteiger partial charge in [0.15, 0.2) is 5.82 Å². The average molecular weight is 303 g/mol. The molecule has 0 spiro atoms. The molecule has 9 heteroatoms. The smallest absolute Gasteiger partial charge is 0.335 e. The number of nitrogens with one attached hydrogen (secondary N) is 1. The number of carboxylic acids is 1. The van der Waals surface area contributed by atoms with Gasteiger partial charge in [-0.2, -0.15) is 0 Å². The van der Waals surface area contributed by atoms with Crippen LogP contribution in [0.15, 0.2) is 18.2 Å². The van der Waals surface area contributed by atoms with E-state index in [4.69, 9.17) is 5.11 Å². The van der Waals surface area contributed by atoms with E-state index in [9.17, 15) is 9.59 Å². The molecular weight excluding hydrogens is 290 g/mol. The highest BCUT2D eigenvalue weighted by Crippen LogP contribution is 2.29. The summed E-state index contributed by atoms with van der Waals surface area (Å²) in [4.78, 5) is 22.7. The summed E-state index contributed by atoms with van der Waals surface area (Å²) in [5.74, 6) is -0.931. The third kappa shape index (κ3) is 2.48. The zero-order chi connectivity index (χ0) is 15.7. The molecule has 0 fully saturated rings. The molecule has 1 aromatic heterocycles. The van der Waals surface area contributed by atoms with Gasteiger partial charge >= 0.3 is 11.9 Å². The number of carbonyl (C=O) groups is 2. The summed E-state index contributed by atoms with van der Waals surface area (Å²) in [6.07, 6.45) is 0.0353. The minimum atomic E-state index is -1.02. The fourth-order valence-electron chi connectivity index (χ4n) is 2.36. The molecule has 3 rings (SSSR count). The van der Waals surface area contributed by atoms with Crippen molar-refractivity contribution < 1.29 is 19.4 Å². The second-order valence-electron chi connectivity index (χ2n) is 4.85. The number of esters is 1. The lowest BCUT2D eigenvalue weighted by molar-refractivity contribution is -0.140. The Morgan fingerprint density at radius 3 is 3.05 bits per heavy atom. The summed E-state index contributed by atoms with van der Waals surface area (Å²) in [7, 11) is 1.30. The number of benzene rings is 1. The van der Waals surface area contributed by atoms with Crippen molar-refractivity contribution in [2.45, 2.75) is 19.0 Å². The molecular formula is C13H13N5O4. The van der Waals surface area contributed by atoms with Gasteiger partial charge in [0.2, 0.25) is 0 Å². The van der Waals surface area contributed by atoms with E-state index in [1.165, 1.54) is 19.2 Å². The highest BCUT2D eigenvalue weighted by atomic mass is 16.5. The van der Waals surface area contributed by atoms with Gasteiger partial charge in [0, 0.05) is 5.69 Å². The lowest BCUT2D eigenvalue weighted by Gasteiger charge is -2.16. The van der Waals surface area contributed by atoms with Gasteiger partial charge in [-0.05, 0) is 28.1 Å². The number of hydrogen-bond donors (Lipinski definition) is 2. The Morgan fingerprint density at radius 1 is 1.50 bits per heavy atom. The van der Waals surface area contributed by atoms with E-state index in [1.54, 1.807) is 10.7 Å². The fourth-order valence-corrected chi connectivity index (χ4v) is 2.36. The van der Waals surface area contributed by atoms with Crippen LogP contribution < -0.4 is 5.32 Å². The van der Waals surface area contributed by atoms with Crippen molar-refractivity contribution in [3.05, 3.63) is 35.2 Å². The van der Waals surface area contributed by atoms with Crippen LogP contribution in [0.2, 0.25) is 0 Å². The quantitative estimate of drug-likeness (QED) is 0.784. The van der Waals surface area contributed by atoms with Crippen molar-refractivity contribution in [1.29, 1.82) is 0 Å². The summed E-state index contributed by atoms with van der Waals surface area (Å²) in [5.41, 5.74) is 1.63. The number of aromatic carboxylic acids is 1. The highest BCUT2D eigenvalue weighted by molar-refractivity contribution is 5.89. The summed E-state index contributed by atoms with van der Waals surface area (Å²) in [6.45, 7) is 0.391. The first kappa shape index (κ1) is 14.0. The molecule has 0 radical (unpaired) electrons. The van der Waals surface area contributed by atoms with Crippen molar-refractivity contribution in [2.24, 2.45) is 0 Å². The lowest BCUT2D eigenvalue weighted by atomic mass is 10.1. The van der Waals surface area contributed by atoms with Gasteiger partial charge in [0.1, 0.15) is 0 Å². The number of carboxylic acid groups (broad SMARTS) is 1. The molecule has 0 amide bonds. The Labute approximate surface area is 124 Å². The van der Waals surface area contributed by atoms with Gasteiger partial charge in [0.05, 0.1) is 31.7 Å².